The van der Waals surface area contributed by atoms with Crippen molar-refractivity contribution in [3.63, 3.8) is 0 Å². The fraction of sp³-hybridized carbons (Fsp3) is 0.316. The van der Waals surface area contributed by atoms with Crippen molar-refractivity contribution in [2.45, 2.75) is 13.3 Å². The topological polar surface area (TPSA) is 75.7 Å². The first-order valence-corrected chi connectivity index (χ1v) is 10.1. The second-order valence-electron chi connectivity index (χ2n) is 6.05. The first-order chi connectivity index (χ1) is 12.3. The molecule has 0 heterocycles. The molecular weight excluding hydrogens is 352 g/mol. The lowest BCUT2D eigenvalue weighted by atomic mass is 10.1. The Morgan fingerprint density at radius 1 is 1.08 bits per heavy atom. The summed E-state index contributed by atoms with van der Waals surface area (Å²) in [6.07, 6.45) is 1.39. The van der Waals surface area contributed by atoms with Gasteiger partial charge in [0, 0.05) is 6.54 Å². The smallest absolute Gasteiger partial charge is 0.232 e. The normalized spacial score (nSPS) is 11.0. The Bertz CT molecular complexity index is 831. The molecule has 26 heavy (non-hydrogen) atoms. The van der Waals surface area contributed by atoms with Gasteiger partial charge in [0.1, 0.15) is 5.75 Å². The Labute approximate surface area is 154 Å². The minimum absolute atomic E-state index is 0.160. The summed E-state index contributed by atoms with van der Waals surface area (Å²) < 4.78 is 30.5. The zero-order valence-electron chi connectivity index (χ0n) is 15.2. The van der Waals surface area contributed by atoms with E-state index in [1.165, 1.54) is 4.31 Å². The molecule has 0 aliphatic heterocycles. The highest BCUT2D eigenvalue weighted by molar-refractivity contribution is 7.92. The van der Waals surface area contributed by atoms with Crippen LogP contribution in [0.3, 0.4) is 0 Å². The van der Waals surface area contributed by atoms with E-state index in [2.05, 4.69) is 5.32 Å². The van der Waals surface area contributed by atoms with Gasteiger partial charge in [-0.1, -0.05) is 29.8 Å². The summed E-state index contributed by atoms with van der Waals surface area (Å²) in [7, 11) is -1.84. The molecule has 6 nitrogen and oxygen atoms in total. The number of benzene rings is 2. The first-order valence-electron chi connectivity index (χ1n) is 8.23. The summed E-state index contributed by atoms with van der Waals surface area (Å²) in [5, 5.41) is 2.77. The van der Waals surface area contributed by atoms with E-state index in [-0.39, 0.29) is 25.4 Å². The monoisotopic (exact) mass is 376 g/mol. The number of carbonyl (C=O) groups excluding carboxylic acids is 1. The predicted octanol–water partition coefficient (Wildman–Crippen LogP) is 2.13. The number of nitrogens with zero attached hydrogens (tertiary/aromatic N) is 1. The highest BCUT2D eigenvalue weighted by Crippen LogP contribution is 2.17. The molecule has 1 amide bonds. The second kappa shape index (κ2) is 8.71. The van der Waals surface area contributed by atoms with E-state index < -0.39 is 10.0 Å². The third-order valence-corrected chi connectivity index (χ3v) is 5.08. The van der Waals surface area contributed by atoms with E-state index in [0.29, 0.717) is 5.69 Å². The zero-order chi connectivity index (χ0) is 19.2. The number of hydrogen-bond acceptors (Lipinski definition) is 4. The number of nitrogens with one attached hydrogen (secondary N) is 1. The third kappa shape index (κ3) is 5.77. The molecule has 0 bridgehead atoms. The minimum Gasteiger partial charge on any atom is -0.497 e. The summed E-state index contributed by atoms with van der Waals surface area (Å²) in [4.78, 5) is 12.1. The van der Waals surface area contributed by atoms with Gasteiger partial charge >= 0.3 is 0 Å². The Kier molecular flexibility index (Phi) is 6.63. The molecule has 2 rings (SSSR count). The molecule has 0 unspecified atom stereocenters. The van der Waals surface area contributed by atoms with Gasteiger partial charge in [0.05, 0.1) is 32.0 Å². The van der Waals surface area contributed by atoms with Gasteiger partial charge in [0.2, 0.25) is 15.9 Å². The number of amides is 1. The minimum atomic E-state index is -3.43. The zero-order valence-corrected chi connectivity index (χ0v) is 16.0. The fourth-order valence-corrected chi connectivity index (χ4v) is 3.41. The lowest BCUT2D eigenvalue weighted by Crippen LogP contribution is -2.38. The summed E-state index contributed by atoms with van der Waals surface area (Å²) in [6.45, 7) is 2.35. The van der Waals surface area contributed by atoms with Crippen molar-refractivity contribution < 1.29 is 17.9 Å². The standard InChI is InChI=1S/C19H24N2O4S/c1-15-4-8-17(9-5-15)21(26(3,23)24)13-12-20-19(22)14-16-6-10-18(25-2)11-7-16/h4-11H,12-14H2,1-3H3,(H,20,22). The van der Waals surface area contributed by atoms with E-state index in [1.807, 2.05) is 31.2 Å². The van der Waals surface area contributed by atoms with Gasteiger partial charge in [-0.05, 0) is 36.8 Å². The van der Waals surface area contributed by atoms with Crippen molar-refractivity contribution in [2.24, 2.45) is 0 Å². The number of anilines is 1. The van der Waals surface area contributed by atoms with Crippen LogP contribution in [0.15, 0.2) is 48.5 Å². The number of hydrogen-bond donors (Lipinski definition) is 1. The molecule has 0 fully saturated rings. The molecule has 2 aromatic rings. The van der Waals surface area contributed by atoms with Crippen LogP contribution in [0.25, 0.3) is 0 Å². The highest BCUT2D eigenvalue weighted by atomic mass is 32.2. The molecular formula is C19H24N2O4S. The maximum absolute atomic E-state index is 12.1. The molecule has 0 spiro atoms. The van der Waals surface area contributed by atoms with E-state index in [1.54, 1.807) is 31.4 Å². The van der Waals surface area contributed by atoms with Crippen molar-refractivity contribution in [3.05, 3.63) is 59.7 Å². The first kappa shape index (κ1) is 19.8. The average molecular weight is 376 g/mol. The maximum atomic E-state index is 12.1. The van der Waals surface area contributed by atoms with Gasteiger partial charge in [-0.15, -0.1) is 0 Å². The number of sulfonamides is 1. The fourth-order valence-electron chi connectivity index (χ4n) is 2.49. The van der Waals surface area contributed by atoms with Gasteiger partial charge in [0.25, 0.3) is 0 Å². The van der Waals surface area contributed by atoms with Crippen LogP contribution in [0.4, 0.5) is 5.69 Å². The molecule has 1 N–H and O–H groups in total. The van der Waals surface area contributed by atoms with Crippen LogP contribution in [0.2, 0.25) is 0 Å². The van der Waals surface area contributed by atoms with Gasteiger partial charge in [-0.3, -0.25) is 9.10 Å². The van der Waals surface area contributed by atoms with Gasteiger partial charge in [-0.2, -0.15) is 0 Å². The van der Waals surface area contributed by atoms with Crippen LogP contribution in [0.5, 0.6) is 5.75 Å². The third-order valence-electron chi connectivity index (χ3n) is 3.88. The van der Waals surface area contributed by atoms with Crippen LogP contribution in [-0.4, -0.2) is 40.8 Å². The van der Waals surface area contributed by atoms with Crippen LogP contribution < -0.4 is 14.4 Å². The lowest BCUT2D eigenvalue weighted by molar-refractivity contribution is -0.120. The van der Waals surface area contributed by atoms with Crippen LogP contribution in [0, 0.1) is 6.92 Å². The van der Waals surface area contributed by atoms with Gasteiger partial charge < -0.3 is 10.1 Å². The van der Waals surface area contributed by atoms with E-state index in [4.69, 9.17) is 4.74 Å². The molecule has 2 aromatic carbocycles. The Morgan fingerprint density at radius 2 is 1.69 bits per heavy atom. The average Bonchev–Trinajstić information content (AvgIpc) is 2.59. The summed E-state index contributed by atoms with van der Waals surface area (Å²) in [5.74, 6) is 0.573. The molecule has 140 valence electrons. The number of carbonyl (C=O) groups is 1. The van der Waals surface area contributed by atoms with Crippen LogP contribution in [0.1, 0.15) is 11.1 Å². The molecule has 0 aromatic heterocycles. The molecule has 0 saturated heterocycles. The Hall–Kier alpha value is -2.54. The molecule has 0 atom stereocenters. The number of ether oxygens (including phenoxy) is 1. The second-order valence-corrected chi connectivity index (χ2v) is 7.95. The number of aryl methyl sites for hydroxylation is 1. The molecule has 0 saturated carbocycles. The number of rotatable bonds is 8. The quantitative estimate of drug-likeness (QED) is 0.766. The largest absolute Gasteiger partial charge is 0.497 e. The van der Waals surface area contributed by atoms with Crippen molar-refractivity contribution in [1.82, 2.24) is 5.32 Å². The van der Waals surface area contributed by atoms with E-state index in [9.17, 15) is 13.2 Å². The maximum Gasteiger partial charge on any atom is 0.232 e. The van der Waals surface area contributed by atoms with Crippen molar-refractivity contribution >= 4 is 21.6 Å². The SMILES string of the molecule is COc1ccc(CC(=O)NCCN(c2ccc(C)cc2)S(C)(=O)=O)cc1. The van der Waals surface area contributed by atoms with Crippen molar-refractivity contribution in [1.29, 1.82) is 0 Å². The van der Waals surface area contributed by atoms with Gasteiger partial charge in [-0.25, -0.2) is 8.42 Å². The van der Waals surface area contributed by atoms with E-state index >= 15 is 0 Å². The molecule has 7 heteroatoms. The van der Waals surface area contributed by atoms with Crippen LogP contribution >= 0.6 is 0 Å². The highest BCUT2D eigenvalue weighted by Gasteiger charge is 2.17. The summed E-state index contributed by atoms with van der Waals surface area (Å²) >= 11 is 0. The van der Waals surface area contributed by atoms with Gasteiger partial charge in [0.15, 0.2) is 0 Å². The molecule has 0 aliphatic rings. The Balaban J connectivity index is 1.92. The van der Waals surface area contributed by atoms with Crippen molar-refractivity contribution in [3.8, 4) is 5.75 Å². The Morgan fingerprint density at radius 3 is 2.23 bits per heavy atom. The predicted molar refractivity (Wildman–Crippen MR) is 103 cm³/mol. The van der Waals surface area contributed by atoms with Crippen molar-refractivity contribution in [2.75, 3.05) is 30.8 Å². The summed E-state index contributed by atoms with van der Waals surface area (Å²) in [6, 6.07) is 14.5. The molecule has 0 aliphatic carbocycles. The number of methoxy groups -OCH3 is 1. The van der Waals surface area contributed by atoms with Crippen LogP contribution in [-0.2, 0) is 21.2 Å². The molecule has 0 radical (unpaired) electrons. The summed E-state index contributed by atoms with van der Waals surface area (Å²) in [5.41, 5.74) is 2.50. The van der Waals surface area contributed by atoms with E-state index in [0.717, 1.165) is 23.1 Å². The lowest BCUT2D eigenvalue weighted by Gasteiger charge is -2.22.